The summed E-state index contributed by atoms with van der Waals surface area (Å²) in [7, 11) is -6.81. The third kappa shape index (κ3) is 4.27. The number of benzene rings is 1. The van der Waals surface area contributed by atoms with Gasteiger partial charge in [0.1, 0.15) is 15.6 Å². The zero-order valence-electron chi connectivity index (χ0n) is 13.0. The first-order valence-corrected chi connectivity index (χ1v) is 11.2. The van der Waals surface area contributed by atoms with Crippen molar-refractivity contribution in [2.45, 2.75) is 25.7 Å². The van der Waals surface area contributed by atoms with Gasteiger partial charge in [0.05, 0.1) is 17.3 Å². The molecule has 24 heavy (non-hydrogen) atoms. The molecule has 1 N–H and O–H groups in total. The fourth-order valence-corrected chi connectivity index (χ4v) is 5.95. The summed E-state index contributed by atoms with van der Waals surface area (Å²) in [4.78, 5) is 11.3. The molecule has 132 valence electrons. The first-order chi connectivity index (χ1) is 11.2. The van der Waals surface area contributed by atoms with Gasteiger partial charge in [-0.25, -0.2) is 8.42 Å². The molecule has 0 radical (unpaired) electrons. The quantitative estimate of drug-likeness (QED) is 0.792. The summed E-state index contributed by atoms with van der Waals surface area (Å²) >= 11 is 0. The summed E-state index contributed by atoms with van der Waals surface area (Å²) in [6, 6.07) is 4.76. The van der Waals surface area contributed by atoms with Gasteiger partial charge in [-0.15, -0.1) is 0 Å². The number of rotatable bonds is 4. The summed E-state index contributed by atoms with van der Waals surface area (Å²) < 4.78 is 52.4. The Hall–Kier alpha value is -1.61. The van der Waals surface area contributed by atoms with Crippen molar-refractivity contribution in [1.29, 1.82) is 0 Å². The van der Waals surface area contributed by atoms with Crippen molar-refractivity contribution in [2.24, 2.45) is 5.92 Å². The molecule has 0 aromatic heterocycles. The van der Waals surface area contributed by atoms with Crippen LogP contribution in [0.25, 0.3) is 0 Å². The van der Waals surface area contributed by atoms with E-state index in [9.17, 15) is 21.6 Å². The van der Waals surface area contributed by atoms with E-state index in [1.807, 2.05) is 0 Å². The third-order valence-electron chi connectivity index (χ3n) is 4.31. The number of carbonyl (C=O) groups excluding carboxylic acids is 1. The van der Waals surface area contributed by atoms with Crippen LogP contribution in [0.1, 0.15) is 24.8 Å². The molecule has 1 saturated heterocycles. The Morgan fingerprint density at radius 3 is 2.58 bits per heavy atom. The summed E-state index contributed by atoms with van der Waals surface area (Å²) in [6.45, 7) is 0. The lowest BCUT2D eigenvalue weighted by molar-refractivity contribution is -0.116. The topological polar surface area (TPSA) is 107 Å². The highest BCUT2D eigenvalue weighted by atomic mass is 32.2. The van der Waals surface area contributed by atoms with E-state index in [1.54, 1.807) is 12.1 Å². The molecule has 7 nitrogen and oxygen atoms in total. The molecule has 0 spiro atoms. The maximum absolute atomic E-state index is 12.2. The molecule has 1 aromatic rings. The minimum absolute atomic E-state index is 0.0335. The van der Waals surface area contributed by atoms with Gasteiger partial charge in [0.2, 0.25) is 5.91 Å². The Kier molecular flexibility index (Phi) is 4.56. The Bertz CT molecular complexity index is 846. The van der Waals surface area contributed by atoms with Gasteiger partial charge in [-0.3, -0.25) is 4.79 Å². The largest absolute Gasteiger partial charge is 0.382 e. The second-order valence-corrected chi connectivity index (χ2v) is 10.2. The summed E-state index contributed by atoms with van der Waals surface area (Å²) in [5, 5.41) is 2.72. The van der Waals surface area contributed by atoms with Gasteiger partial charge in [0.15, 0.2) is 0 Å². The molecular formula is C15H19NO6S2. The molecule has 0 unspecified atom stereocenters. The molecule has 1 aromatic carbocycles. The smallest absolute Gasteiger partial charge is 0.309 e. The van der Waals surface area contributed by atoms with Crippen molar-refractivity contribution in [3.05, 3.63) is 23.8 Å². The lowest BCUT2D eigenvalue weighted by atomic mass is 10.0. The lowest BCUT2D eigenvalue weighted by Gasteiger charge is -2.22. The average molecular weight is 373 g/mol. The summed E-state index contributed by atoms with van der Waals surface area (Å²) in [5.41, 5.74) is 1.51. The van der Waals surface area contributed by atoms with Crippen molar-refractivity contribution in [3.8, 4) is 5.75 Å². The van der Waals surface area contributed by atoms with Gasteiger partial charge >= 0.3 is 10.1 Å². The molecule has 0 saturated carbocycles. The minimum Gasteiger partial charge on any atom is -0.382 e. The van der Waals surface area contributed by atoms with Crippen molar-refractivity contribution in [3.63, 3.8) is 0 Å². The van der Waals surface area contributed by atoms with E-state index in [1.165, 1.54) is 6.07 Å². The van der Waals surface area contributed by atoms with Crippen molar-refractivity contribution in [1.82, 2.24) is 0 Å². The monoisotopic (exact) mass is 373 g/mol. The van der Waals surface area contributed by atoms with Crippen LogP contribution in [0.5, 0.6) is 5.75 Å². The van der Waals surface area contributed by atoms with Crippen LogP contribution in [0, 0.1) is 5.92 Å². The van der Waals surface area contributed by atoms with E-state index < -0.39 is 20.0 Å². The van der Waals surface area contributed by atoms with Gasteiger partial charge in [-0.1, -0.05) is 0 Å². The second-order valence-electron chi connectivity index (χ2n) is 6.27. The van der Waals surface area contributed by atoms with Gasteiger partial charge in [-0.05, 0) is 48.9 Å². The first-order valence-electron chi connectivity index (χ1n) is 7.78. The molecule has 0 atom stereocenters. The first kappa shape index (κ1) is 17.2. The van der Waals surface area contributed by atoms with E-state index >= 15 is 0 Å². The van der Waals surface area contributed by atoms with Crippen LogP contribution < -0.4 is 9.50 Å². The number of carbonyl (C=O) groups is 1. The van der Waals surface area contributed by atoms with Gasteiger partial charge in [0, 0.05) is 12.1 Å². The van der Waals surface area contributed by atoms with E-state index in [0.717, 1.165) is 5.56 Å². The number of sulfone groups is 1. The number of amides is 1. The molecule has 2 aliphatic heterocycles. The van der Waals surface area contributed by atoms with Crippen molar-refractivity contribution >= 4 is 31.5 Å². The Balaban J connectivity index is 1.65. The maximum Gasteiger partial charge on any atom is 0.309 e. The van der Waals surface area contributed by atoms with Crippen LogP contribution in [0.3, 0.4) is 0 Å². The number of aryl methyl sites for hydroxylation is 1. The van der Waals surface area contributed by atoms with Gasteiger partial charge in [0.25, 0.3) is 0 Å². The fourth-order valence-electron chi connectivity index (χ4n) is 2.99. The van der Waals surface area contributed by atoms with E-state index in [4.69, 9.17) is 4.18 Å². The van der Waals surface area contributed by atoms with Gasteiger partial charge < -0.3 is 9.50 Å². The Morgan fingerprint density at radius 1 is 1.17 bits per heavy atom. The predicted molar refractivity (Wildman–Crippen MR) is 89.2 cm³/mol. The predicted octanol–water partition coefficient (Wildman–Crippen LogP) is 1.10. The van der Waals surface area contributed by atoms with Crippen LogP contribution in [-0.2, 0) is 31.2 Å². The molecule has 2 heterocycles. The highest BCUT2D eigenvalue weighted by Gasteiger charge is 2.28. The summed E-state index contributed by atoms with van der Waals surface area (Å²) in [6.07, 6.45) is 1.60. The zero-order valence-corrected chi connectivity index (χ0v) is 14.7. The molecule has 2 aliphatic rings. The van der Waals surface area contributed by atoms with Crippen molar-refractivity contribution in [2.75, 3.05) is 22.6 Å². The molecule has 1 fully saturated rings. The number of nitrogens with one attached hydrogen (secondary N) is 1. The van der Waals surface area contributed by atoms with Crippen molar-refractivity contribution < 1.29 is 25.8 Å². The Labute approximate surface area is 141 Å². The van der Waals surface area contributed by atoms with E-state index in [-0.39, 0.29) is 34.8 Å². The van der Waals surface area contributed by atoms with Crippen LogP contribution >= 0.6 is 0 Å². The molecule has 1 amide bonds. The molecular weight excluding hydrogens is 354 g/mol. The summed E-state index contributed by atoms with van der Waals surface area (Å²) in [5.74, 6) is -0.159. The normalized spacial score (nSPS) is 20.9. The molecule has 3 rings (SSSR count). The average Bonchev–Trinajstić information content (AvgIpc) is 2.49. The van der Waals surface area contributed by atoms with Crippen LogP contribution in [0.4, 0.5) is 5.69 Å². The SMILES string of the molecule is O=C1CCc2cc(OS(=O)(=O)CC3CCS(=O)(=O)CC3)ccc2N1. The van der Waals surface area contributed by atoms with Gasteiger partial charge in [-0.2, -0.15) is 8.42 Å². The highest BCUT2D eigenvalue weighted by Crippen LogP contribution is 2.28. The fraction of sp³-hybridized carbons (Fsp3) is 0.533. The van der Waals surface area contributed by atoms with Crippen LogP contribution in [0.2, 0.25) is 0 Å². The van der Waals surface area contributed by atoms with Crippen LogP contribution in [-0.4, -0.2) is 40.0 Å². The number of fused-ring (bicyclic) bond motifs is 1. The molecule has 0 aliphatic carbocycles. The van der Waals surface area contributed by atoms with E-state index in [0.29, 0.717) is 31.4 Å². The third-order valence-corrected chi connectivity index (χ3v) is 7.35. The number of anilines is 1. The zero-order chi connectivity index (χ0) is 17.4. The van der Waals surface area contributed by atoms with Crippen LogP contribution in [0.15, 0.2) is 18.2 Å². The highest BCUT2D eigenvalue weighted by molar-refractivity contribution is 7.91. The second kappa shape index (κ2) is 6.36. The molecule has 0 bridgehead atoms. The number of hydrogen-bond acceptors (Lipinski definition) is 6. The lowest BCUT2D eigenvalue weighted by Crippen LogP contribution is -2.29. The number of hydrogen-bond donors (Lipinski definition) is 1. The molecule has 9 heteroatoms. The van der Waals surface area contributed by atoms with E-state index in [2.05, 4.69) is 5.32 Å². The minimum atomic E-state index is -3.79. The Morgan fingerprint density at radius 2 is 1.88 bits per heavy atom. The standard InChI is InChI=1S/C15H19NO6S2/c17-15-4-1-12-9-13(2-3-14(12)16-15)22-24(20,21)10-11-5-7-23(18,19)8-6-11/h2-3,9,11H,1,4-8,10H2,(H,16,17). The maximum atomic E-state index is 12.2.